The highest BCUT2D eigenvalue weighted by Crippen LogP contribution is 2.60. The molecule has 1 aromatic carbocycles. The molecule has 0 aliphatic heterocycles. The van der Waals surface area contributed by atoms with E-state index in [1.54, 1.807) is 0 Å². The molecular weight excluding hydrogens is 526 g/mol. The SMILES string of the molecule is CC(=O)Nc1c(O)c2c(c(NC(C)=O)c1Cl)[C@](C)(O)C1CC3CC(=O)C(C(N)=O)=C(O)[C@@]3(O)C(O)C1C2=O. The Balaban J connectivity index is 2.02. The van der Waals surface area contributed by atoms with Crippen LogP contribution in [0.1, 0.15) is 49.5 Å². The van der Waals surface area contributed by atoms with Crippen LogP contribution in [0.15, 0.2) is 11.3 Å². The van der Waals surface area contributed by atoms with Crippen LogP contribution in [0.4, 0.5) is 11.4 Å². The third-order valence-corrected chi connectivity index (χ3v) is 8.13. The number of aliphatic hydroxyl groups excluding tert-OH is 2. The van der Waals surface area contributed by atoms with Gasteiger partial charge in [-0.1, -0.05) is 11.6 Å². The molecular formula is C24H26ClN3O10. The minimum Gasteiger partial charge on any atom is -0.508 e. The number of rotatable bonds is 3. The van der Waals surface area contributed by atoms with Gasteiger partial charge in [-0.3, -0.25) is 24.0 Å². The normalized spacial score (nSPS) is 32.2. The number of ketones is 2. The van der Waals surface area contributed by atoms with Gasteiger partial charge in [0.2, 0.25) is 11.8 Å². The zero-order valence-electron chi connectivity index (χ0n) is 20.5. The second-order valence-corrected chi connectivity index (χ2v) is 10.5. The summed E-state index contributed by atoms with van der Waals surface area (Å²) in [6.07, 6.45) is -3.03. The summed E-state index contributed by atoms with van der Waals surface area (Å²) in [5.41, 5.74) is -2.13. The fraction of sp³-hybridized carbons (Fsp3) is 0.458. The lowest BCUT2D eigenvalue weighted by atomic mass is 9.51. The van der Waals surface area contributed by atoms with Gasteiger partial charge in [0.05, 0.1) is 27.8 Å². The van der Waals surface area contributed by atoms with Gasteiger partial charge in [0.15, 0.2) is 22.9 Å². The molecule has 0 aromatic heterocycles. The first-order valence-electron chi connectivity index (χ1n) is 11.6. The van der Waals surface area contributed by atoms with Gasteiger partial charge < -0.3 is 41.9 Å². The molecule has 9 N–H and O–H groups in total. The lowest BCUT2D eigenvalue weighted by Gasteiger charge is -2.56. The van der Waals surface area contributed by atoms with Gasteiger partial charge in [0.25, 0.3) is 5.91 Å². The summed E-state index contributed by atoms with van der Waals surface area (Å²) in [5.74, 6) is -10.8. The smallest absolute Gasteiger partial charge is 0.255 e. The molecule has 0 radical (unpaired) electrons. The highest BCUT2D eigenvalue weighted by molar-refractivity contribution is 6.38. The summed E-state index contributed by atoms with van der Waals surface area (Å²) in [5, 5.41) is 60.7. The number of fused-ring (bicyclic) bond motifs is 3. The van der Waals surface area contributed by atoms with Crippen molar-refractivity contribution in [2.45, 2.75) is 50.9 Å². The summed E-state index contributed by atoms with van der Waals surface area (Å²) in [6.45, 7) is 3.46. The number of phenolic OH excluding ortho intramolecular Hbond substituents is 1. The Morgan fingerprint density at radius 3 is 2.13 bits per heavy atom. The van der Waals surface area contributed by atoms with Gasteiger partial charge >= 0.3 is 0 Å². The van der Waals surface area contributed by atoms with Crippen LogP contribution >= 0.6 is 11.6 Å². The lowest BCUT2D eigenvalue weighted by Crippen LogP contribution is -2.67. The molecule has 4 unspecified atom stereocenters. The van der Waals surface area contributed by atoms with Crippen molar-refractivity contribution in [3.63, 3.8) is 0 Å². The van der Waals surface area contributed by atoms with Gasteiger partial charge in [-0.25, -0.2) is 0 Å². The van der Waals surface area contributed by atoms with Crippen molar-refractivity contribution in [1.29, 1.82) is 0 Å². The van der Waals surface area contributed by atoms with Crippen LogP contribution in [-0.4, -0.2) is 66.5 Å². The summed E-state index contributed by atoms with van der Waals surface area (Å²) in [4.78, 5) is 62.1. The number of anilines is 2. The molecule has 1 fully saturated rings. The fourth-order valence-electron chi connectivity index (χ4n) is 6.15. The minimum absolute atomic E-state index is 0.277. The molecule has 3 amide bonds. The van der Waals surface area contributed by atoms with E-state index >= 15 is 0 Å². The van der Waals surface area contributed by atoms with Crippen LogP contribution in [0.3, 0.4) is 0 Å². The van der Waals surface area contributed by atoms with E-state index in [-0.39, 0.29) is 22.7 Å². The number of carbonyl (C=O) groups excluding carboxylic acids is 5. The first-order chi connectivity index (χ1) is 17.5. The Hall–Kier alpha value is -3.52. The molecule has 1 aromatic rings. The average molecular weight is 552 g/mol. The van der Waals surface area contributed by atoms with Crippen LogP contribution < -0.4 is 16.4 Å². The molecule has 0 spiro atoms. The highest BCUT2D eigenvalue weighted by Gasteiger charge is 2.66. The first kappa shape index (κ1) is 27.5. The summed E-state index contributed by atoms with van der Waals surface area (Å²) < 4.78 is 0. The minimum atomic E-state index is -2.66. The molecule has 14 heteroatoms. The Labute approximate surface area is 220 Å². The zero-order chi connectivity index (χ0) is 28.6. The maximum absolute atomic E-state index is 13.9. The molecule has 0 heterocycles. The van der Waals surface area contributed by atoms with Crippen molar-refractivity contribution >= 4 is 52.3 Å². The second-order valence-electron chi connectivity index (χ2n) is 10.1. The van der Waals surface area contributed by atoms with Crippen molar-refractivity contribution < 1.29 is 49.5 Å². The largest absolute Gasteiger partial charge is 0.508 e. The monoisotopic (exact) mass is 551 g/mol. The quantitative estimate of drug-likeness (QED) is 0.142. The number of benzene rings is 1. The highest BCUT2D eigenvalue weighted by atomic mass is 35.5. The topological polar surface area (TPSA) is 237 Å². The number of hydrogen-bond acceptors (Lipinski definition) is 10. The number of phenols is 1. The van der Waals surface area contributed by atoms with Crippen LogP contribution in [-0.2, 0) is 24.8 Å². The van der Waals surface area contributed by atoms with E-state index in [0.717, 1.165) is 13.8 Å². The average Bonchev–Trinajstić information content (AvgIpc) is 2.78. The van der Waals surface area contributed by atoms with E-state index in [9.17, 15) is 49.5 Å². The van der Waals surface area contributed by atoms with Crippen molar-refractivity contribution in [3.05, 3.63) is 27.5 Å². The Morgan fingerprint density at radius 1 is 1.05 bits per heavy atom. The fourth-order valence-corrected chi connectivity index (χ4v) is 6.43. The van der Waals surface area contributed by atoms with E-state index in [0.29, 0.717) is 0 Å². The third-order valence-electron chi connectivity index (χ3n) is 7.75. The number of aromatic hydroxyl groups is 1. The van der Waals surface area contributed by atoms with E-state index in [4.69, 9.17) is 17.3 Å². The number of nitrogens with two attached hydrogens (primary N) is 1. The molecule has 1 saturated carbocycles. The molecule has 3 aliphatic rings. The number of aliphatic hydroxyl groups is 4. The predicted octanol–water partition coefficient (Wildman–Crippen LogP) is -0.0193. The number of carbonyl (C=O) groups is 5. The number of halogens is 1. The van der Waals surface area contributed by atoms with E-state index < -0.39 is 99.1 Å². The van der Waals surface area contributed by atoms with Gasteiger partial charge in [-0.15, -0.1) is 0 Å². The van der Waals surface area contributed by atoms with Crippen molar-refractivity contribution in [2.24, 2.45) is 23.5 Å². The van der Waals surface area contributed by atoms with Crippen LogP contribution in [0.2, 0.25) is 5.02 Å². The van der Waals surface area contributed by atoms with Crippen molar-refractivity contribution in [2.75, 3.05) is 10.6 Å². The van der Waals surface area contributed by atoms with Crippen molar-refractivity contribution in [3.8, 4) is 5.75 Å². The third kappa shape index (κ3) is 3.61. The molecule has 204 valence electrons. The summed E-state index contributed by atoms with van der Waals surface area (Å²) >= 11 is 6.41. The standard InChI is InChI=1S/C24H26ClN3O10/c1-6(29)27-16-14-13(19(33)17(15(16)25)28-7(2)30)18(32)11-9(23(14,3)37)4-8-5-10(31)12(22(26)36)21(35)24(8,38)20(11)34/h8-9,11,20,33-35,37-38H,4-5H2,1-3H3,(H2,26,36)(H,27,29)(H,28,30)/t8?,9?,11?,20?,23-,24+/m1/s1. The van der Waals surface area contributed by atoms with Gasteiger partial charge in [0.1, 0.15) is 23.1 Å². The molecule has 0 bridgehead atoms. The van der Waals surface area contributed by atoms with E-state index in [1.807, 2.05) is 0 Å². The maximum Gasteiger partial charge on any atom is 0.255 e. The summed E-state index contributed by atoms with van der Waals surface area (Å²) in [7, 11) is 0. The Bertz CT molecular complexity index is 1370. The number of Topliss-reactive ketones (excluding diaryl/α,β-unsaturated/α-hetero) is 2. The van der Waals surface area contributed by atoms with Gasteiger partial charge in [0, 0.05) is 37.7 Å². The lowest BCUT2D eigenvalue weighted by molar-refractivity contribution is -0.195. The number of amides is 3. The molecule has 6 atom stereocenters. The number of nitrogens with one attached hydrogen (secondary N) is 2. The van der Waals surface area contributed by atoms with Crippen LogP contribution in [0.25, 0.3) is 0 Å². The molecule has 0 saturated heterocycles. The molecule has 13 nitrogen and oxygen atoms in total. The van der Waals surface area contributed by atoms with Crippen LogP contribution in [0.5, 0.6) is 5.75 Å². The summed E-state index contributed by atoms with van der Waals surface area (Å²) in [6, 6.07) is 0. The predicted molar refractivity (Wildman–Crippen MR) is 130 cm³/mol. The molecule has 3 aliphatic carbocycles. The van der Waals surface area contributed by atoms with Crippen molar-refractivity contribution in [1.82, 2.24) is 0 Å². The molecule has 4 rings (SSSR count). The van der Waals surface area contributed by atoms with Gasteiger partial charge in [-0.05, 0) is 13.3 Å². The first-order valence-corrected chi connectivity index (χ1v) is 11.9. The van der Waals surface area contributed by atoms with Gasteiger partial charge in [-0.2, -0.15) is 0 Å². The Kier molecular flexibility index (Phi) is 6.35. The van der Waals surface area contributed by atoms with Crippen LogP contribution in [0, 0.1) is 17.8 Å². The number of hydrogen-bond donors (Lipinski definition) is 8. The maximum atomic E-state index is 13.9. The molecule has 38 heavy (non-hydrogen) atoms. The second kappa shape index (κ2) is 8.76. The van der Waals surface area contributed by atoms with E-state index in [2.05, 4.69) is 10.6 Å². The Morgan fingerprint density at radius 2 is 1.61 bits per heavy atom. The number of primary amides is 1. The zero-order valence-corrected chi connectivity index (χ0v) is 21.2. The van der Waals surface area contributed by atoms with E-state index in [1.165, 1.54) is 6.92 Å².